The van der Waals surface area contributed by atoms with Crippen LogP contribution >= 0.6 is 0 Å². The van der Waals surface area contributed by atoms with E-state index in [1.165, 1.54) is 0 Å². The van der Waals surface area contributed by atoms with Crippen molar-refractivity contribution in [2.45, 2.75) is 13.0 Å². The average Bonchev–Trinajstić information content (AvgIpc) is 2.18. The molecule has 0 saturated carbocycles. The van der Waals surface area contributed by atoms with Crippen molar-refractivity contribution >= 4 is 11.6 Å². The number of amides is 1. The maximum Gasteiger partial charge on any atom is 0.239 e. The van der Waals surface area contributed by atoms with Crippen LogP contribution in [0.4, 0.5) is 5.69 Å². The summed E-state index contributed by atoms with van der Waals surface area (Å²) in [5, 5.41) is 2.96. The van der Waals surface area contributed by atoms with Crippen LogP contribution in [0.2, 0.25) is 0 Å². The number of primary amides is 1. The molecule has 4 nitrogen and oxygen atoms in total. The van der Waals surface area contributed by atoms with Crippen molar-refractivity contribution in [2.75, 3.05) is 12.4 Å². The first-order valence-corrected chi connectivity index (χ1v) is 4.34. The molecule has 1 amide bonds. The van der Waals surface area contributed by atoms with Crippen molar-refractivity contribution in [3.63, 3.8) is 0 Å². The van der Waals surface area contributed by atoms with E-state index in [2.05, 4.69) is 5.32 Å². The third-order valence-electron chi connectivity index (χ3n) is 1.91. The molecule has 1 rings (SSSR count). The standard InChI is InChI=1S/C10H14N2O2/c1-7(10(11)13)12-8-5-3-4-6-9(8)14-2/h3-7,12H,1-2H3,(H2,11,13)/t7-/m0/s1. The second kappa shape index (κ2) is 4.50. The number of nitrogens with two attached hydrogens (primary N) is 1. The molecule has 76 valence electrons. The van der Waals surface area contributed by atoms with Gasteiger partial charge in [-0.05, 0) is 19.1 Å². The topological polar surface area (TPSA) is 64.3 Å². The van der Waals surface area contributed by atoms with Gasteiger partial charge in [-0.3, -0.25) is 4.79 Å². The van der Waals surface area contributed by atoms with Gasteiger partial charge in [-0.1, -0.05) is 12.1 Å². The van der Waals surface area contributed by atoms with E-state index in [9.17, 15) is 4.79 Å². The molecule has 3 N–H and O–H groups in total. The Morgan fingerprint density at radius 3 is 2.71 bits per heavy atom. The van der Waals surface area contributed by atoms with Crippen molar-refractivity contribution < 1.29 is 9.53 Å². The summed E-state index contributed by atoms with van der Waals surface area (Å²) in [7, 11) is 1.58. The Labute approximate surface area is 83.1 Å². The van der Waals surface area contributed by atoms with Crippen LogP contribution in [-0.2, 0) is 4.79 Å². The van der Waals surface area contributed by atoms with Crippen LogP contribution in [0.25, 0.3) is 0 Å². The summed E-state index contributed by atoms with van der Waals surface area (Å²) >= 11 is 0. The van der Waals surface area contributed by atoms with Gasteiger partial charge >= 0.3 is 0 Å². The van der Waals surface area contributed by atoms with Crippen LogP contribution < -0.4 is 15.8 Å². The van der Waals surface area contributed by atoms with Crippen LogP contribution in [0.5, 0.6) is 5.75 Å². The molecule has 0 radical (unpaired) electrons. The number of rotatable bonds is 4. The van der Waals surface area contributed by atoms with Gasteiger partial charge in [-0.25, -0.2) is 0 Å². The molecule has 0 spiro atoms. The summed E-state index contributed by atoms with van der Waals surface area (Å²) in [6, 6.07) is 6.96. The van der Waals surface area contributed by atoms with Crippen LogP contribution in [-0.4, -0.2) is 19.1 Å². The number of ether oxygens (including phenoxy) is 1. The molecule has 1 aromatic rings. The predicted octanol–water partition coefficient (Wildman–Crippen LogP) is 0.981. The monoisotopic (exact) mass is 194 g/mol. The second-order valence-corrected chi connectivity index (χ2v) is 2.97. The first-order valence-electron chi connectivity index (χ1n) is 4.34. The smallest absolute Gasteiger partial charge is 0.239 e. The zero-order chi connectivity index (χ0) is 10.6. The van der Waals surface area contributed by atoms with Gasteiger partial charge < -0.3 is 15.8 Å². The van der Waals surface area contributed by atoms with Gasteiger partial charge in [0.05, 0.1) is 12.8 Å². The van der Waals surface area contributed by atoms with Crippen molar-refractivity contribution in [1.82, 2.24) is 0 Å². The number of methoxy groups -OCH3 is 1. The summed E-state index contributed by atoms with van der Waals surface area (Å²) in [4.78, 5) is 10.8. The summed E-state index contributed by atoms with van der Waals surface area (Å²) in [6.07, 6.45) is 0. The Balaban J connectivity index is 2.80. The molecular formula is C10H14N2O2. The zero-order valence-electron chi connectivity index (χ0n) is 8.28. The molecule has 0 heterocycles. The summed E-state index contributed by atoms with van der Waals surface area (Å²) in [6.45, 7) is 1.70. The average molecular weight is 194 g/mol. The summed E-state index contributed by atoms with van der Waals surface area (Å²) in [5.74, 6) is 0.302. The van der Waals surface area contributed by atoms with Crippen molar-refractivity contribution in [3.8, 4) is 5.75 Å². The molecule has 0 aliphatic heterocycles. The maximum absolute atomic E-state index is 10.8. The number of hydrogen-bond acceptors (Lipinski definition) is 3. The molecule has 4 heteroatoms. The minimum absolute atomic E-state index is 0.393. The number of para-hydroxylation sites is 2. The van der Waals surface area contributed by atoms with Crippen molar-refractivity contribution in [3.05, 3.63) is 24.3 Å². The maximum atomic E-state index is 10.8. The third-order valence-corrected chi connectivity index (χ3v) is 1.91. The lowest BCUT2D eigenvalue weighted by molar-refractivity contribution is -0.118. The molecule has 0 bridgehead atoms. The predicted molar refractivity (Wildman–Crippen MR) is 55.3 cm³/mol. The molecule has 14 heavy (non-hydrogen) atoms. The van der Waals surface area contributed by atoms with Crippen LogP contribution in [0.3, 0.4) is 0 Å². The molecule has 0 fully saturated rings. The Morgan fingerprint density at radius 1 is 1.50 bits per heavy atom. The van der Waals surface area contributed by atoms with E-state index in [4.69, 9.17) is 10.5 Å². The number of anilines is 1. The Bertz CT molecular complexity index is 326. The fourth-order valence-corrected chi connectivity index (χ4v) is 1.07. The summed E-state index contributed by atoms with van der Waals surface area (Å²) < 4.78 is 5.11. The van der Waals surface area contributed by atoms with Gasteiger partial charge in [0.1, 0.15) is 11.8 Å². The number of carbonyl (C=O) groups is 1. The van der Waals surface area contributed by atoms with Gasteiger partial charge in [0.25, 0.3) is 0 Å². The Kier molecular flexibility index (Phi) is 3.34. The van der Waals surface area contributed by atoms with Gasteiger partial charge in [0, 0.05) is 0 Å². The zero-order valence-corrected chi connectivity index (χ0v) is 8.28. The van der Waals surface area contributed by atoms with E-state index in [1.807, 2.05) is 24.3 Å². The lowest BCUT2D eigenvalue weighted by Crippen LogP contribution is -2.32. The SMILES string of the molecule is COc1ccccc1N[C@@H](C)C(N)=O. The van der Waals surface area contributed by atoms with E-state index in [-0.39, 0.29) is 0 Å². The highest BCUT2D eigenvalue weighted by molar-refractivity contribution is 5.83. The minimum Gasteiger partial charge on any atom is -0.495 e. The molecule has 1 aromatic carbocycles. The third kappa shape index (κ3) is 2.39. The normalized spacial score (nSPS) is 11.9. The Hall–Kier alpha value is -1.71. The van der Waals surface area contributed by atoms with E-state index < -0.39 is 11.9 Å². The highest BCUT2D eigenvalue weighted by Gasteiger charge is 2.10. The fraction of sp³-hybridized carbons (Fsp3) is 0.300. The van der Waals surface area contributed by atoms with Gasteiger partial charge in [0.2, 0.25) is 5.91 Å². The van der Waals surface area contributed by atoms with E-state index in [0.29, 0.717) is 5.75 Å². The molecule has 1 atom stereocenters. The Morgan fingerprint density at radius 2 is 2.14 bits per heavy atom. The highest BCUT2D eigenvalue weighted by Crippen LogP contribution is 2.23. The first-order chi connectivity index (χ1) is 6.65. The van der Waals surface area contributed by atoms with Gasteiger partial charge in [0.15, 0.2) is 0 Å². The largest absolute Gasteiger partial charge is 0.495 e. The van der Waals surface area contributed by atoms with Gasteiger partial charge in [-0.2, -0.15) is 0 Å². The summed E-state index contributed by atoms with van der Waals surface area (Å²) in [5.41, 5.74) is 5.90. The van der Waals surface area contributed by atoms with Crippen molar-refractivity contribution in [2.24, 2.45) is 5.73 Å². The van der Waals surface area contributed by atoms with Crippen LogP contribution in [0.1, 0.15) is 6.92 Å². The lowest BCUT2D eigenvalue weighted by atomic mass is 10.2. The molecule has 0 aromatic heterocycles. The lowest BCUT2D eigenvalue weighted by Gasteiger charge is -2.14. The number of benzene rings is 1. The quantitative estimate of drug-likeness (QED) is 0.751. The number of nitrogens with one attached hydrogen (secondary N) is 1. The van der Waals surface area contributed by atoms with E-state index in [0.717, 1.165) is 5.69 Å². The van der Waals surface area contributed by atoms with Crippen LogP contribution in [0.15, 0.2) is 24.3 Å². The minimum atomic E-state index is -0.411. The molecule has 0 aliphatic carbocycles. The van der Waals surface area contributed by atoms with E-state index >= 15 is 0 Å². The van der Waals surface area contributed by atoms with Crippen molar-refractivity contribution in [1.29, 1.82) is 0 Å². The fourth-order valence-electron chi connectivity index (χ4n) is 1.07. The highest BCUT2D eigenvalue weighted by atomic mass is 16.5. The number of hydrogen-bond donors (Lipinski definition) is 2. The van der Waals surface area contributed by atoms with E-state index in [1.54, 1.807) is 14.0 Å². The second-order valence-electron chi connectivity index (χ2n) is 2.97. The van der Waals surface area contributed by atoms with Crippen LogP contribution in [0, 0.1) is 0 Å². The molecule has 0 aliphatic rings. The molecular weight excluding hydrogens is 180 g/mol. The molecule has 0 saturated heterocycles. The number of carbonyl (C=O) groups excluding carboxylic acids is 1. The first kappa shape index (κ1) is 10.4. The molecule has 0 unspecified atom stereocenters. The van der Waals surface area contributed by atoms with Gasteiger partial charge in [-0.15, -0.1) is 0 Å².